The van der Waals surface area contributed by atoms with Gasteiger partial charge in [-0.1, -0.05) is 19.9 Å². The van der Waals surface area contributed by atoms with E-state index in [1.807, 2.05) is 13.0 Å². The molecule has 1 aliphatic carbocycles. The highest BCUT2D eigenvalue weighted by molar-refractivity contribution is 5.98. The first-order valence-electron chi connectivity index (χ1n) is 8.01. The van der Waals surface area contributed by atoms with Crippen LogP contribution in [0.5, 0.6) is 0 Å². The van der Waals surface area contributed by atoms with Gasteiger partial charge in [0.2, 0.25) is 0 Å². The van der Waals surface area contributed by atoms with E-state index in [1.165, 1.54) is 24.0 Å². The Morgan fingerprint density at radius 1 is 1.10 bits per heavy atom. The van der Waals surface area contributed by atoms with Crippen LogP contribution in [0.15, 0.2) is 12.1 Å². The first-order chi connectivity index (χ1) is 9.78. The summed E-state index contributed by atoms with van der Waals surface area (Å²) in [5.74, 6) is 0.112. The average Bonchev–Trinajstić information content (AvgIpc) is 2.41. The zero-order valence-electron chi connectivity index (χ0n) is 14.1. The van der Waals surface area contributed by atoms with Gasteiger partial charge < -0.3 is 4.74 Å². The molecule has 0 spiro atoms. The van der Waals surface area contributed by atoms with E-state index in [0.717, 1.165) is 24.0 Å². The molecule has 0 aromatic heterocycles. The molecule has 2 nitrogen and oxygen atoms in total. The lowest BCUT2D eigenvalue weighted by Gasteiger charge is -2.34. The van der Waals surface area contributed by atoms with Crippen molar-refractivity contribution < 1.29 is 9.53 Å². The molecule has 0 atom stereocenters. The first kappa shape index (κ1) is 16.2. The summed E-state index contributed by atoms with van der Waals surface area (Å²) in [6.07, 6.45) is 4.79. The largest absolute Gasteiger partial charge is 0.370 e. The molecule has 1 aromatic rings. The number of rotatable bonds is 4. The van der Waals surface area contributed by atoms with Gasteiger partial charge in [0.1, 0.15) is 6.61 Å². The lowest BCUT2D eigenvalue weighted by atomic mass is 9.76. The van der Waals surface area contributed by atoms with E-state index in [0.29, 0.717) is 5.41 Å². The zero-order valence-corrected chi connectivity index (χ0v) is 14.1. The molecule has 0 amide bonds. The maximum absolute atomic E-state index is 12.4. The number of aryl methyl sites for hydroxylation is 3. The summed E-state index contributed by atoms with van der Waals surface area (Å²) in [7, 11) is 0. The number of carbonyl (C=O) groups is 1. The zero-order chi connectivity index (χ0) is 15.6. The molecule has 0 N–H and O–H groups in total. The van der Waals surface area contributed by atoms with Gasteiger partial charge in [-0.2, -0.15) is 0 Å². The summed E-state index contributed by atoms with van der Waals surface area (Å²) in [4.78, 5) is 12.4. The van der Waals surface area contributed by atoms with Crippen LogP contribution in [0.3, 0.4) is 0 Å². The van der Waals surface area contributed by atoms with Gasteiger partial charge >= 0.3 is 0 Å². The van der Waals surface area contributed by atoms with Gasteiger partial charge in [-0.25, -0.2) is 0 Å². The van der Waals surface area contributed by atoms with Crippen molar-refractivity contribution in [2.45, 2.75) is 66.4 Å². The van der Waals surface area contributed by atoms with Crippen LogP contribution in [0, 0.1) is 26.2 Å². The molecule has 116 valence electrons. The Balaban J connectivity index is 1.92. The summed E-state index contributed by atoms with van der Waals surface area (Å²) < 4.78 is 5.87. The maximum Gasteiger partial charge on any atom is 0.188 e. The topological polar surface area (TPSA) is 26.3 Å². The quantitative estimate of drug-likeness (QED) is 0.745. The van der Waals surface area contributed by atoms with E-state index >= 15 is 0 Å². The van der Waals surface area contributed by atoms with Crippen molar-refractivity contribution in [1.82, 2.24) is 0 Å². The minimum Gasteiger partial charge on any atom is -0.370 e. The number of ketones is 1. The van der Waals surface area contributed by atoms with Crippen molar-refractivity contribution in [2.75, 3.05) is 6.61 Å². The average molecular weight is 288 g/mol. The van der Waals surface area contributed by atoms with Crippen molar-refractivity contribution in [2.24, 2.45) is 5.41 Å². The molecular formula is C19H28O2. The second-order valence-electron chi connectivity index (χ2n) is 7.35. The Morgan fingerprint density at radius 2 is 1.67 bits per heavy atom. The second-order valence-corrected chi connectivity index (χ2v) is 7.35. The number of hydrogen-bond donors (Lipinski definition) is 0. The smallest absolute Gasteiger partial charge is 0.188 e. The van der Waals surface area contributed by atoms with E-state index in [9.17, 15) is 4.79 Å². The van der Waals surface area contributed by atoms with Crippen molar-refractivity contribution in [3.63, 3.8) is 0 Å². The Labute approximate surface area is 128 Å². The third kappa shape index (κ3) is 4.16. The van der Waals surface area contributed by atoms with Gasteiger partial charge in [0, 0.05) is 5.56 Å². The number of hydrogen-bond acceptors (Lipinski definition) is 2. The van der Waals surface area contributed by atoms with Crippen LogP contribution in [0.25, 0.3) is 0 Å². The minimum absolute atomic E-state index is 0.112. The fourth-order valence-corrected chi connectivity index (χ4v) is 3.07. The van der Waals surface area contributed by atoms with Crippen LogP contribution in [-0.2, 0) is 4.74 Å². The summed E-state index contributed by atoms with van der Waals surface area (Å²) >= 11 is 0. The van der Waals surface area contributed by atoms with Gasteiger partial charge in [-0.05, 0) is 74.6 Å². The molecule has 0 unspecified atom stereocenters. The molecule has 0 heterocycles. The molecule has 1 aromatic carbocycles. The van der Waals surface area contributed by atoms with Crippen LogP contribution >= 0.6 is 0 Å². The Bertz CT molecular complexity index is 519. The molecule has 1 saturated carbocycles. The Morgan fingerprint density at radius 3 is 2.29 bits per heavy atom. The van der Waals surface area contributed by atoms with Gasteiger partial charge in [0.05, 0.1) is 6.10 Å². The molecule has 0 radical (unpaired) electrons. The van der Waals surface area contributed by atoms with Crippen LogP contribution in [-0.4, -0.2) is 18.5 Å². The molecule has 0 aliphatic heterocycles. The molecular weight excluding hydrogens is 260 g/mol. The Kier molecular flexibility index (Phi) is 4.88. The minimum atomic E-state index is 0.112. The second kappa shape index (κ2) is 6.31. The number of ether oxygens (including phenoxy) is 1. The van der Waals surface area contributed by atoms with E-state index in [1.54, 1.807) is 0 Å². The van der Waals surface area contributed by atoms with Crippen LogP contribution in [0.1, 0.15) is 66.6 Å². The third-order valence-corrected chi connectivity index (χ3v) is 4.88. The highest BCUT2D eigenvalue weighted by atomic mass is 16.5. The monoisotopic (exact) mass is 288 g/mol. The SMILES string of the molecule is Cc1cc(C)c(C(=O)COC2CCC(C)(C)CC2)cc1C. The fourth-order valence-electron chi connectivity index (χ4n) is 3.07. The molecule has 1 aliphatic rings. The van der Waals surface area contributed by atoms with Crippen molar-refractivity contribution >= 4 is 5.78 Å². The normalized spacial score (nSPS) is 18.7. The third-order valence-electron chi connectivity index (χ3n) is 4.88. The fraction of sp³-hybridized carbons (Fsp3) is 0.632. The highest BCUT2D eigenvalue weighted by Crippen LogP contribution is 2.36. The van der Waals surface area contributed by atoms with Crippen molar-refractivity contribution in [3.8, 4) is 0 Å². The van der Waals surface area contributed by atoms with Gasteiger partial charge in [0.25, 0.3) is 0 Å². The summed E-state index contributed by atoms with van der Waals surface area (Å²) in [5.41, 5.74) is 4.71. The Hall–Kier alpha value is -1.15. The predicted octanol–water partition coefficient (Wildman–Crippen LogP) is 4.78. The van der Waals surface area contributed by atoms with Gasteiger partial charge in [0.15, 0.2) is 5.78 Å². The molecule has 1 fully saturated rings. The maximum atomic E-state index is 12.4. The van der Waals surface area contributed by atoms with Gasteiger partial charge in [-0.3, -0.25) is 4.79 Å². The van der Waals surface area contributed by atoms with E-state index in [2.05, 4.69) is 33.8 Å². The summed E-state index contributed by atoms with van der Waals surface area (Å²) in [5, 5.41) is 0. The lowest BCUT2D eigenvalue weighted by molar-refractivity contribution is 0.00860. The molecule has 0 bridgehead atoms. The summed E-state index contributed by atoms with van der Waals surface area (Å²) in [6.45, 7) is 11.0. The highest BCUT2D eigenvalue weighted by Gasteiger charge is 2.27. The molecule has 21 heavy (non-hydrogen) atoms. The van der Waals surface area contributed by atoms with E-state index in [4.69, 9.17) is 4.74 Å². The van der Waals surface area contributed by atoms with Crippen LogP contribution < -0.4 is 0 Å². The number of Topliss-reactive ketones (excluding diaryl/α,β-unsaturated/α-hetero) is 1. The van der Waals surface area contributed by atoms with E-state index in [-0.39, 0.29) is 18.5 Å². The van der Waals surface area contributed by atoms with E-state index < -0.39 is 0 Å². The predicted molar refractivity (Wildman–Crippen MR) is 87.0 cm³/mol. The van der Waals surface area contributed by atoms with Crippen LogP contribution in [0.4, 0.5) is 0 Å². The summed E-state index contributed by atoms with van der Waals surface area (Å²) in [6, 6.07) is 4.09. The number of benzene rings is 1. The first-order valence-corrected chi connectivity index (χ1v) is 8.01. The molecule has 2 heteroatoms. The number of carbonyl (C=O) groups excluding carboxylic acids is 1. The lowest BCUT2D eigenvalue weighted by Crippen LogP contribution is -2.28. The standard InChI is InChI=1S/C19H28O2/c1-13-10-15(3)17(11-14(13)2)18(20)12-21-16-6-8-19(4,5)9-7-16/h10-11,16H,6-9,12H2,1-5H3. The van der Waals surface area contributed by atoms with Crippen molar-refractivity contribution in [1.29, 1.82) is 0 Å². The molecule has 0 saturated heterocycles. The van der Waals surface area contributed by atoms with Crippen molar-refractivity contribution in [3.05, 3.63) is 34.4 Å². The van der Waals surface area contributed by atoms with Crippen LogP contribution in [0.2, 0.25) is 0 Å². The molecule has 2 rings (SSSR count). The van der Waals surface area contributed by atoms with Gasteiger partial charge in [-0.15, -0.1) is 0 Å².